The van der Waals surface area contributed by atoms with E-state index in [1.807, 2.05) is 17.4 Å². The smallest absolute Gasteiger partial charge is 0.243 e. The van der Waals surface area contributed by atoms with E-state index in [2.05, 4.69) is 14.5 Å². The van der Waals surface area contributed by atoms with Crippen LogP contribution in [-0.4, -0.2) is 68.7 Å². The Morgan fingerprint density at radius 2 is 2.00 bits per heavy atom. The molecule has 1 aromatic rings. The number of aromatic nitrogens is 2. The lowest BCUT2D eigenvalue weighted by molar-refractivity contribution is -0.148. The fourth-order valence-corrected chi connectivity index (χ4v) is 4.05. The van der Waals surface area contributed by atoms with Gasteiger partial charge < -0.3 is 14.6 Å². The third-order valence-electron chi connectivity index (χ3n) is 5.10. The summed E-state index contributed by atoms with van der Waals surface area (Å²) in [5, 5.41) is 9.16. The minimum Gasteiger partial charge on any atom is -0.395 e. The highest BCUT2D eigenvalue weighted by Gasteiger charge is 2.50. The van der Waals surface area contributed by atoms with Crippen molar-refractivity contribution < 1.29 is 9.90 Å². The van der Waals surface area contributed by atoms with Crippen LogP contribution in [0.4, 0.5) is 0 Å². The maximum Gasteiger partial charge on any atom is 0.243 e. The zero-order chi connectivity index (χ0) is 15.4. The molecule has 0 aliphatic carbocycles. The molecule has 1 unspecified atom stereocenters. The molecule has 2 fully saturated rings. The van der Waals surface area contributed by atoms with Gasteiger partial charge in [0.25, 0.3) is 0 Å². The van der Waals surface area contributed by atoms with Crippen LogP contribution in [0.2, 0.25) is 0 Å². The molecule has 3 heterocycles. The van der Waals surface area contributed by atoms with Gasteiger partial charge >= 0.3 is 0 Å². The zero-order valence-electron chi connectivity index (χ0n) is 13.2. The van der Waals surface area contributed by atoms with Crippen molar-refractivity contribution in [3.8, 4) is 0 Å². The van der Waals surface area contributed by atoms with Crippen LogP contribution in [-0.2, 0) is 11.3 Å². The third kappa shape index (κ3) is 2.90. The van der Waals surface area contributed by atoms with Crippen molar-refractivity contribution in [2.24, 2.45) is 0 Å². The van der Waals surface area contributed by atoms with E-state index < -0.39 is 0 Å². The number of aryl methyl sites for hydroxylation is 1. The van der Waals surface area contributed by atoms with Gasteiger partial charge in [-0.15, -0.1) is 0 Å². The molecule has 1 spiro atoms. The van der Waals surface area contributed by atoms with Crippen molar-refractivity contribution in [1.82, 2.24) is 19.4 Å². The number of rotatable bonds is 6. The van der Waals surface area contributed by atoms with E-state index in [1.54, 1.807) is 6.20 Å². The molecule has 1 amide bonds. The highest BCUT2D eigenvalue weighted by molar-refractivity contribution is 5.87. The zero-order valence-corrected chi connectivity index (χ0v) is 13.2. The second-order valence-electron chi connectivity index (χ2n) is 6.40. The molecule has 2 aliphatic heterocycles. The lowest BCUT2D eigenvalue weighted by Gasteiger charge is -2.44. The lowest BCUT2D eigenvalue weighted by atomic mass is 9.85. The largest absolute Gasteiger partial charge is 0.395 e. The molecule has 0 saturated carbocycles. The van der Waals surface area contributed by atoms with E-state index in [0.29, 0.717) is 6.54 Å². The fourth-order valence-electron chi connectivity index (χ4n) is 4.05. The fraction of sp³-hybridized carbons (Fsp3) is 0.750. The summed E-state index contributed by atoms with van der Waals surface area (Å²) in [6.45, 7) is 4.25. The second-order valence-corrected chi connectivity index (χ2v) is 6.40. The summed E-state index contributed by atoms with van der Waals surface area (Å²) in [7, 11) is 0. The van der Waals surface area contributed by atoms with Gasteiger partial charge in [0.1, 0.15) is 5.54 Å². The lowest BCUT2D eigenvalue weighted by Crippen LogP contribution is -2.60. The Hall–Kier alpha value is -1.40. The number of imidazole rings is 1. The molecule has 1 aromatic heterocycles. The summed E-state index contributed by atoms with van der Waals surface area (Å²) in [5.74, 6) is 0.243. The third-order valence-corrected chi connectivity index (χ3v) is 5.10. The Morgan fingerprint density at radius 1 is 1.18 bits per heavy atom. The van der Waals surface area contributed by atoms with Crippen LogP contribution in [0.1, 0.15) is 32.1 Å². The summed E-state index contributed by atoms with van der Waals surface area (Å²) in [5.41, 5.74) is -0.289. The van der Waals surface area contributed by atoms with Gasteiger partial charge in [0, 0.05) is 38.6 Å². The topological polar surface area (TPSA) is 61.6 Å². The number of piperidine rings is 1. The monoisotopic (exact) mass is 306 g/mol. The predicted octanol–water partition coefficient (Wildman–Crippen LogP) is 0.722. The van der Waals surface area contributed by atoms with Gasteiger partial charge in [-0.3, -0.25) is 9.69 Å². The van der Waals surface area contributed by atoms with Crippen LogP contribution in [0.3, 0.4) is 0 Å². The molecule has 6 nitrogen and oxygen atoms in total. The number of carbonyl (C=O) groups excluding carboxylic acids is 1. The molecule has 22 heavy (non-hydrogen) atoms. The number of hydrogen-bond acceptors (Lipinski definition) is 4. The van der Waals surface area contributed by atoms with Gasteiger partial charge in [-0.1, -0.05) is 0 Å². The average molecular weight is 306 g/mol. The first kappa shape index (κ1) is 15.5. The molecule has 2 aliphatic rings. The van der Waals surface area contributed by atoms with Crippen LogP contribution < -0.4 is 0 Å². The van der Waals surface area contributed by atoms with E-state index in [9.17, 15) is 4.79 Å². The first-order valence-electron chi connectivity index (χ1n) is 8.37. The highest BCUT2D eigenvalue weighted by Crippen LogP contribution is 2.38. The van der Waals surface area contributed by atoms with Crippen molar-refractivity contribution in [3.63, 3.8) is 0 Å². The van der Waals surface area contributed by atoms with E-state index in [4.69, 9.17) is 5.11 Å². The van der Waals surface area contributed by atoms with Crippen LogP contribution in [0, 0.1) is 0 Å². The standard InChI is InChI=1S/C16H26N4O2/c21-13-12-19-8-1-4-16(15(19)22)5-2-9-20(16)10-3-7-18-11-6-17-14-18/h6,11,14,21H,1-5,7-10,12-13H2. The first-order valence-corrected chi connectivity index (χ1v) is 8.37. The molecule has 1 N–H and O–H groups in total. The van der Waals surface area contributed by atoms with E-state index >= 15 is 0 Å². The molecule has 3 rings (SSSR count). The molecular weight excluding hydrogens is 280 g/mol. The van der Waals surface area contributed by atoms with Crippen molar-refractivity contribution >= 4 is 5.91 Å². The first-order chi connectivity index (χ1) is 10.8. The van der Waals surface area contributed by atoms with E-state index in [-0.39, 0.29) is 18.1 Å². The molecule has 122 valence electrons. The predicted molar refractivity (Wildman–Crippen MR) is 83.3 cm³/mol. The molecule has 0 bridgehead atoms. The van der Waals surface area contributed by atoms with Gasteiger partial charge in [-0.25, -0.2) is 4.98 Å². The highest BCUT2D eigenvalue weighted by atomic mass is 16.3. The molecule has 2 saturated heterocycles. The molecule has 6 heteroatoms. The Labute approximate surface area is 131 Å². The minimum atomic E-state index is -0.289. The Morgan fingerprint density at radius 3 is 2.73 bits per heavy atom. The summed E-state index contributed by atoms with van der Waals surface area (Å²) in [6.07, 6.45) is 10.7. The Bertz CT molecular complexity index is 488. The second kappa shape index (κ2) is 6.79. The molecule has 0 aromatic carbocycles. The van der Waals surface area contributed by atoms with E-state index in [0.717, 1.165) is 58.3 Å². The minimum absolute atomic E-state index is 0.0580. The molecule has 1 atom stereocenters. The van der Waals surface area contributed by atoms with Crippen LogP contribution >= 0.6 is 0 Å². The number of hydrogen-bond donors (Lipinski definition) is 1. The normalized spacial score (nSPS) is 26.2. The summed E-state index contributed by atoms with van der Waals surface area (Å²) < 4.78 is 2.09. The van der Waals surface area contributed by atoms with Gasteiger partial charge in [0.15, 0.2) is 0 Å². The van der Waals surface area contributed by atoms with Gasteiger partial charge in [0.05, 0.1) is 12.9 Å². The number of β-amino-alcohol motifs (C(OH)–C–C–N with tert-alkyl or cyclic N) is 1. The van der Waals surface area contributed by atoms with Gasteiger partial charge in [-0.05, 0) is 38.6 Å². The van der Waals surface area contributed by atoms with Crippen LogP contribution in [0.15, 0.2) is 18.7 Å². The average Bonchev–Trinajstić information content (AvgIpc) is 3.16. The van der Waals surface area contributed by atoms with E-state index in [1.165, 1.54) is 0 Å². The number of aliphatic hydroxyl groups is 1. The Kier molecular flexibility index (Phi) is 4.78. The van der Waals surface area contributed by atoms with Crippen molar-refractivity contribution in [2.45, 2.75) is 44.2 Å². The molecular formula is C16H26N4O2. The summed E-state index contributed by atoms with van der Waals surface area (Å²) >= 11 is 0. The van der Waals surface area contributed by atoms with Crippen LogP contribution in [0.5, 0.6) is 0 Å². The summed E-state index contributed by atoms with van der Waals surface area (Å²) in [6, 6.07) is 0. The SMILES string of the molecule is O=C1N(CCO)CCCC12CCCN2CCCn1ccnc1. The maximum atomic E-state index is 12.9. The van der Waals surface area contributed by atoms with Crippen LogP contribution in [0.25, 0.3) is 0 Å². The maximum absolute atomic E-state index is 12.9. The number of amides is 1. The summed E-state index contributed by atoms with van der Waals surface area (Å²) in [4.78, 5) is 21.2. The van der Waals surface area contributed by atoms with Crippen molar-refractivity contribution in [2.75, 3.05) is 32.8 Å². The number of aliphatic hydroxyl groups excluding tert-OH is 1. The van der Waals surface area contributed by atoms with Crippen molar-refractivity contribution in [3.05, 3.63) is 18.7 Å². The number of carbonyl (C=O) groups is 1. The number of nitrogens with zero attached hydrogens (tertiary/aromatic N) is 4. The Balaban J connectivity index is 1.62. The molecule has 0 radical (unpaired) electrons. The van der Waals surface area contributed by atoms with Crippen molar-refractivity contribution in [1.29, 1.82) is 0 Å². The van der Waals surface area contributed by atoms with Gasteiger partial charge in [-0.2, -0.15) is 0 Å². The quantitative estimate of drug-likeness (QED) is 0.841. The van der Waals surface area contributed by atoms with Gasteiger partial charge in [0.2, 0.25) is 5.91 Å². The number of likely N-dealkylation sites (tertiary alicyclic amines) is 2.